The van der Waals surface area contributed by atoms with E-state index in [4.69, 9.17) is 0 Å². The monoisotopic (exact) mass is 332 g/mol. The van der Waals surface area contributed by atoms with E-state index < -0.39 is 11.8 Å². The van der Waals surface area contributed by atoms with Crippen molar-refractivity contribution in [3.63, 3.8) is 0 Å². The zero-order valence-corrected chi connectivity index (χ0v) is 14.8. The van der Waals surface area contributed by atoms with E-state index in [0.29, 0.717) is 18.7 Å². The van der Waals surface area contributed by atoms with Crippen LogP contribution in [-0.4, -0.2) is 29.6 Å². The Hall–Kier alpha value is -1.88. The molecule has 24 heavy (non-hydrogen) atoms. The second-order valence-corrected chi connectivity index (χ2v) is 7.68. The van der Waals surface area contributed by atoms with E-state index in [-0.39, 0.29) is 17.4 Å². The molecule has 5 heteroatoms. The average Bonchev–Trinajstić information content (AvgIpc) is 2.52. The molecule has 0 spiro atoms. The summed E-state index contributed by atoms with van der Waals surface area (Å²) in [5.74, 6) is -1.04. The number of aliphatic hydroxyl groups is 1. The van der Waals surface area contributed by atoms with Gasteiger partial charge >= 0.3 is 11.8 Å². The van der Waals surface area contributed by atoms with E-state index in [1.165, 1.54) is 5.56 Å². The molecule has 2 unspecified atom stereocenters. The highest BCUT2D eigenvalue weighted by Gasteiger charge is 2.22. The molecule has 2 atom stereocenters. The molecule has 1 aliphatic carbocycles. The number of amides is 2. The summed E-state index contributed by atoms with van der Waals surface area (Å²) < 4.78 is 0. The number of anilines is 1. The number of benzene rings is 1. The predicted molar refractivity (Wildman–Crippen MR) is 94.7 cm³/mol. The lowest BCUT2D eigenvalue weighted by atomic mass is 9.87. The first-order valence-electron chi connectivity index (χ1n) is 8.63. The van der Waals surface area contributed by atoms with Gasteiger partial charge in [-0.25, -0.2) is 0 Å². The molecule has 0 aliphatic heterocycles. The largest absolute Gasteiger partial charge is 0.393 e. The minimum atomic E-state index is -0.658. The van der Waals surface area contributed by atoms with E-state index in [2.05, 4.69) is 31.4 Å². The molecular formula is C19H28N2O3. The maximum atomic E-state index is 12.0. The number of hydrogen-bond donors (Lipinski definition) is 3. The average molecular weight is 332 g/mol. The second kappa shape index (κ2) is 7.79. The molecular weight excluding hydrogens is 304 g/mol. The quantitative estimate of drug-likeness (QED) is 0.745. The van der Waals surface area contributed by atoms with Gasteiger partial charge in [0, 0.05) is 12.2 Å². The Bertz CT molecular complexity index is 575. The van der Waals surface area contributed by atoms with Gasteiger partial charge in [-0.1, -0.05) is 39.3 Å². The Morgan fingerprint density at radius 1 is 1.12 bits per heavy atom. The van der Waals surface area contributed by atoms with Crippen molar-refractivity contribution in [2.24, 2.45) is 5.92 Å². The number of carbonyl (C=O) groups excluding carboxylic acids is 2. The van der Waals surface area contributed by atoms with Crippen molar-refractivity contribution in [2.75, 3.05) is 11.9 Å². The lowest BCUT2D eigenvalue weighted by molar-refractivity contribution is -0.136. The molecule has 0 saturated heterocycles. The van der Waals surface area contributed by atoms with Crippen LogP contribution in [0.3, 0.4) is 0 Å². The maximum absolute atomic E-state index is 12.0. The van der Waals surface area contributed by atoms with E-state index >= 15 is 0 Å². The molecule has 5 nitrogen and oxygen atoms in total. The van der Waals surface area contributed by atoms with Crippen molar-refractivity contribution in [1.82, 2.24) is 5.32 Å². The third-order valence-corrected chi connectivity index (χ3v) is 4.52. The fourth-order valence-electron chi connectivity index (χ4n) is 3.01. The van der Waals surface area contributed by atoms with Crippen molar-refractivity contribution in [1.29, 1.82) is 0 Å². The minimum absolute atomic E-state index is 0.0461. The van der Waals surface area contributed by atoms with Gasteiger partial charge in [0.15, 0.2) is 0 Å². The molecule has 1 aromatic rings. The normalized spacial score (nSPS) is 21.2. The standard InChI is InChI=1S/C19H28N2O3/c1-19(2,3)14-7-9-15(10-8-14)21-18(24)17(23)20-12-13-5-4-6-16(22)11-13/h7-10,13,16,22H,4-6,11-12H2,1-3H3,(H,20,23)(H,21,24). The van der Waals surface area contributed by atoms with E-state index in [1.807, 2.05) is 24.3 Å². The van der Waals surface area contributed by atoms with Gasteiger partial charge in [-0.2, -0.15) is 0 Å². The number of nitrogens with one attached hydrogen (secondary N) is 2. The van der Waals surface area contributed by atoms with Crippen LogP contribution in [0.2, 0.25) is 0 Å². The summed E-state index contributed by atoms with van der Waals surface area (Å²) in [5, 5.41) is 14.9. The Morgan fingerprint density at radius 2 is 1.79 bits per heavy atom. The van der Waals surface area contributed by atoms with Crippen LogP contribution in [0, 0.1) is 5.92 Å². The summed E-state index contributed by atoms with van der Waals surface area (Å²) in [4.78, 5) is 23.9. The molecule has 2 amide bonds. The molecule has 1 fully saturated rings. The summed E-state index contributed by atoms with van der Waals surface area (Å²) in [7, 11) is 0. The predicted octanol–water partition coefficient (Wildman–Crippen LogP) is 2.59. The molecule has 2 rings (SSSR count). The SMILES string of the molecule is CC(C)(C)c1ccc(NC(=O)C(=O)NCC2CCCC(O)C2)cc1. The number of carbonyl (C=O) groups is 2. The third kappa shape index (κ3) is 5.34. The van der Waals surface area contributed by atoms with Gasteiger partial charge in [0.05, 0.1) is 6.10 Å². The third-order valence-electron chi connectivity index (χ3n) is 4.52. The van der Waals surface area contributed by atoms with Crippen molar-refractivity contribution in [2.45, 2.75) is 58.0 Å². The topological polar surface area (TPSA) is 78.4 Å². The zero-order valence-electron chi connectivity index (χ0n) is 14.8. The van der Waals surface area contributed by atoms with Crippen molar-refractivity contribution in [3.8, 4) is 0 Å². The molecule has 1 aliphatic rings. The van der Waals surface area contributed by atoms with Crippen LogP contribution in [0.1, 0.15) is 52.0 Å². The first-order chi connectivity index (χ1) is 11.3. The van der Waals surface area contributed by atoms with Gasteiger partial charge in [-0.3, -0.25) is 9.59 Å². The zero-order chi connectivity index (χ0) is 17.7. The highest BCUT2D eigenvalue weighted by Crippen LogP contribution is 2.24. The highest BCUT2D eigenvalue weighted by molar-refractivity contribution is 6.39. The van der Waals surface area contributed by atoms with Gasteiger partial charge in [-0.05, 0) is 48.3 Å². The van der Waals surface area contributed by atoms with Crippen LogP contribution in [0.25, 0.3) is 0 Å². The van der Waals surface area contributed by atoms with E-state index in [1.54, 1.807) is 0 Å². The van der Waals surface area contributed by atoms with Gasteiger partial charge in [0.1, 0.15) is 0 Å². The number of aliphatic hydroxyl groups excluding tert-OH is 1. The van der Waals surface area contributed by atoms with E-state index in [0.717, 1.165) is 19.3 Å². The van der Waals surface area contributed by atoms with Crippen molar-refractivity contribution < 1.29 is 14.7 Å². The maximum Gasteiger partial charge on any atom is 0.313 e. The van der Waals surface area contributed by atoms with Gasteiger partial charge in [0.25, 0.3) is 0 Å². The number of hydrogen-bond acceptors (Lipinski definition) is 3. The van der Waals surface area contributed by atoms with Crippen LogP contribution in [0.15, 0.2) is 24.3 Å². The van der Waals surface area contributed by atoms with Crippen molar-refractivity contribution >= 4 is 17.5 Å². The van der Waals surface area contributed by atoms with Crippen LogP contribution in [0.5, 0.6) is 0 Å². The number of rotatable bonds is 3. The summed E-state index contributed by atoms with van der Waals surface area (Å²) in [5.41, 5.74) is 1.82. The Morgan fingerprint density at radius 3 is 2.38 bits per heavy atom. The van der Waals surface area contributed by atoms with Crippen LogP contribution >= 0.6 is 0 Å². The van der Waals surface area contributed by atoms with Crippen LogP contribution < -0.4 is 10.6 Å². The molecule has 1 aromatic carbocycles. The second-order valence-electron chi connectivity index (χ2n) is 7.68. The fraction of sp³-hybridized carbons (Fsp3) is 0.579. The molecule has 0 heterocycles. The van der Waals surface area contributed by atoms with Gasteiger partial charge < -0.3 is 15.7 Å². The molecule has 132 valence electrons. The summed E-state index contributed by atoms with van der Waals surface area (Å²) in [6, 6.07) is 7.53. The Kier molecular flexibility index (Phi) is 5.99. The summed E-state index contributed by atoms with van der Waals surface area (Å²) in [6.45, 7) is 6.80. The Balaban J connectivity index is 1.82. The molecule has 0 radical (unpaired) electrons. The highest BCUT2D eigenvalue weighted by atomic mass is 16.3. The Labute approximate surface area is 143 Å². The molecule has 3 N–H and O–H groups in total. The smallest absolute Gasteiger partial charge is 0.313 e. The molecule has 0 aromatic heterocycles. The van der Waals surface area contributed by atoms with Gasteiger partial charge in [0.2, 0.25) is 0 Å². The lowest BCUT2D eigenvalue weighted by Gasteiger charge is -2.25. The fourth-order valence-corrected chi connectivity index (χ4v) is 3.01. The van der Waals surface area contributed by atoms with Crippen molar-refractivity contribution in [3.05, 3.63) is 29.8 Å². The lowest BCUT2D eigenvalue weighted by Crippen LogP contribution is -2.39. The summed E-state index contributed by atoms with van der Waals surface area (Å²) >= 11 is 0. The first-order valence-corrected chi connectivity index (χ1v) is 8.63. The summed E-state index contributed by atoms with van der Waals surface area (Å²) in [6.07, 6.45) is 3.18. The van der Waals surface area contributed by atoms with Crippen LogP contribution in [-0.2, 0) is 15.0 Å². The van der Waals surface area contributed by atoms with Crippen LogP contribution in [0.4, 0.5) is 5.69 Å². The first kappa shape index (κ1) is 18.5. The molecule has 1 saturated carbocycles. The van der Waals surface area contributed by atoms with Gasteiger partial charge in [-0.15, -0.1) is 0 Å². The minimum Gasteiger partial charge on any atom is -0.393 e. The molecule has 0 bridgehead atoms. The van der Waals surface area contributed by atoms with E-state index in [9.17, 15) is 14.7 Å².